The Morgan fingerprint density at radius 1 is 1.24 bits per heavy atom. The predicted molar refractivity (Wildman–Crippen MR) is 75.1 cm³/mol. The van der Waals surface area contributed by atoms with Crippen LogP contribution in [0.3, 0.4) is 0 Å². The lowest BCUT2D eigenvalue weighted by atomic mass is 10.1. The zero-order valence-corrected chi connectivity index (χ0v) is 11.9. The van der Waals surface area contributed by atoms with E-state index in [1.807, 2.05) is 13.0 Å². The summed E-state index contributed by atoms with van der Waals surface area (Å²) in [5.74, 6) is 0.0964. The third kappa shape index (κ3) is 3.92. The molecule has 0 radical (unpaired) electrons. The van der Waals surface area contributed by atoms with E-state index in [0.29, 0.717) is 24.1 Å². The highest BCUT2D eigenvalue weighted by Crippen LogP contribution is 2.06. The van der Waals surface area contributed by atoms with Crippen molar-refractivity contribution < 1.29 is 18.8 Å². The minimum absolute atomic E-state index is 0.206. The van der Waals surface area contributed by atoms with E-state index in [0.717, 1.165) is 11.5 Å². The second-order valence-corrected chi connectivity index (χ2v) is 4.51. The molecule has 1 heterocycles. The molecule has 0 aliphatic rings. The molecule has 1 amide bonds. The Balaban J connectivity index is 1.87. The topological polar surface area (TPSA) is 81.4 Å². The number of hydrogen-bond acceptors (Lipinski definition) is 5. The van der Waals surface area contributed by atoms with E-state index in [-0.39, 0.29) is 5.91 Å². The van der Waals surface area contributed by atoms with E-state index in [2.05, 4.69) is 15.2 Å². The van der Waals surface area contributed by atoms with Gasteiger partial charge < -0.3 is 14.6 Å². The molecule has 0 aliphatic carbocycles. The monoisotopic (exact) mass is 288 g/mol. The minimum Gasteiger partial charge on any atom is -0.465 e. The number of carbonyl (C=O) groups excluding carboxylic acids is 2. The van der Waals surface area contributed by atoms with Crippen molar-refractivity contribution in [1.29, 1.82) is 0 Å². The van der Waals surface area contributed by atoms with Gasteiger partial charge in [0.1, 0.15) is 5.76 Å². The fraction of sp³-hybridized carbons (Fsp3) is 0.267. The van der Waals surface area contributed by atoms with Gasteiger partial charge in [0, 0.05) is 24.6 Å². The van der Waals surface area contributed by atoms with Crippen molar-refractivity contribution in [3.8, 4) is 0 Å². The highest BCUT2D eigenvalue weighted by atomic mass is 16.5. The van der Waals surface area contributed by atoms with Crippen molar-refractivity contribution >= 4 is 11.9 Å². The number of rotatable bonds is 5. The summed E-state index contributed by atoms with van der Waals surface area (Å²) in [7, 11) is 1.31. The third-order valence-electron chi connectivity index (χ3n) is 2.90. The van der Waals surface area contributed by atoms with Crippen LogP contribution in [-0.2, 0) is 11.2 Å². The molecular formula is C15H16N2O4. The first-order valence-corrected chi connectivity index (χ1v) is 6.49. The number of aryl methyl sites for hydroxylation is 1. The lowest BCUT2D eigenvalue weighted by Crippen LogP contribution is -2.25. The summed E-state index contributed by atoms with van der Waals surface area (Å²) in [4.78, 5) is 23.2. The summed E-state index contributed by atoms with van der Waals surface area (Å²) in [6.07, 6.45) is 0.576. The molecule has 110 valence electrons. The summed E-state index contributed by atoms with van der Waals surface area (Å²) in [6, 6.07) is 8.11. The van der Waals surface area contributed by atoms with Gasteiger partial charge in [-0.2, -0.15) is 0 Å². The van der Waals surface area contributed by atoms with Crippen LogP contribution >= 0.6 is 0 Å². The molecule has 0 unspecified atom stereocenters. The van der Waals surface area contributed by atoms with Gasteiger partial charge in [0.2, 0.25) is 0 Å². The molecule has 6 heteroatoms. The van der Waals surface area contributed by atoms with E-state index in [1.165, 1.54) is 7.11 Å². The normalized spacial score (nSPS) is 10.2. The number of methoxy groups -OCH3 is 1. The number of ether oxygens (including phenoxy) is 1. The van der Waals surface area contributed by atoms with E-state index < -0.39 is 5.97 Å². The van der Waals surface area contributed by atoms with Crippen molar-refractivity contribution in [2.45, 2.75) is 13.3 Å². The molecule has 2 aromatic rings. The first-order valence-electron chi connectivity index (χ1n) is 6.49. The van der Waals surface area contributed by atoms with E-state index in [1.54, 1.807) is 24.3 Å². The Bertz CT molecular complexity index is 631. The molecule has 21 heavy (non-hydrogen) atoms. The second-order valence-electron chi connectivity index (χ2n) is 4.51. The van der Waals surface area contributed by atoms with Gasteiger partial charge >= 0.3 is 5.97 Å². The Hall–Kier alpha value is -2.63. The third-order valence-corrected chi connectivity index (χ3v) is 2.90. The molecule has 1 aromatic carbocycles. The van der Waals surface area contributed by atoms with Gasteiger partial charge in [0.15, 0.2) is 0 Å². The van der Waals surface area contributed by atoms with Gasteiger partial charge in [-0.05, 0) is 31.2 Å². The minimum atomic E-state index is -0.428. The molecule has 0 atom stereocenters. The Kier molecular flexibility index (Phi) is 4.71. The highest BCUT2D eigenvalue weighted by Gasteiger charge is 2.09. The van der Waals surface area contributed by atoms with Crippen molar-refractivity contribution in [2.24, 2.45) is 0 Å². The first-order chi connectivity index (χ1) is 10.1. The van der Waals surface area contributed by atoms with E-state index in [4.69, 9.17) is 4.52 Å². The van der Waals surface area contributed by atoms with Gasteiger partial charge in [-0.25, -0.2) is 4.79 Å². The van der Waals surface area contributed by atoms with Crippen molar-refractivity contribution in [1.82, 2.24) is 10.5 Å². The van der Waals surface area contributed by atoms with Crippen LogP contribution in [-0.4, -0.2) is 30.7 Å². The lowest BCUT2D eigenvalue weighted by molar-refractivity contribution is 0.0600. The average molecular weight is 288 g/mol. The summed E-state index contributed by atoms with van der Waals surface area (Å²) in [6.45, 7) is 2.29. The van der Waals surface area contributed by atoms with Crippen LogP contribution in [0, 0.1) is 6.92 Å². The van der Waals surface area contributed by atoms with Crippen molar-refractivity contribution in [3.05, 3.63) is 52.9 Å². The molecular weight excluding hydrogens is 272 g/mol. The van der Waals surface area contributed by atoms with E-state index >= 15 is 0 Å². The predicted octanol–water partition coefficient (Wildman–Crippen LogP) is 1.74. The zero-order chi connectivity index (χ0) is 15.2. The van der Waals surface area contributed by atoms with Gasteiger partial charge in [0.25, 0.3) is 5.91 Å². The lowest BCUT2D eigenvalue weighted by Gasteiger charge is -2.04. The highest BCUT2D eigenvalue weighted by molar-refractivity contribution is 5.96. The summed E-state index contributed by atoms with van der Waals surface area (Å²) < 4.78 is 9.65. The zero-order valence-electron chi connectivity index (χ0n) is 11.9. The van der Waals surface area contributed by atoms with Crippen LogP contribution in [0.5, 0.6) is 0 Å². The standard InChI is InChI=1S/C15H16N2O4/c1-10-9-13(21-17-10)7-8-16-14(18)11-3-5-12(6-4-11)15(19)20-2/h3-6,9H,7-8H2,1-2H3,(H,16,18). The maximum Gasteiger partial charge on any atom is 0.337 e. The molecule has 2 rings (SSSR count). The van der Waals surface area contributed by atoms with Crippen LogP contribution in [0.4, 0.5) is 0 Å². The number of carbonyl (C=O) groups is 2. The largest absolute Gasteiger partial charge is 0.465 e. The molecule has 0 saturated heterocycles. The molecule has 6 nitrogen and oxygen atoms in total. The maximum absolute atomic E-state index is 11.9. The van der Waals surface area contributed by atoms with Crippen LogP contribution in [0.25, 0.3) is 0 Å². The number of hydrogen-bond donors (Lipinski definition) is 1. The number of aromatic nitrogens is 1. The van der Waals surface area contributed by atoms with E-state index in [9.17, 15) is 9.59 Å². The van der Waals surface area contributed by atoms with Crippen molar-refractivity contribution in [3.63, 3.8) is 0 Å². The summed E-state index contributed by atoms with van der Waals surface area (Å²) >= 11 is 0. The quantitative estimate of drug-likeness (QED) is 0.847. The molecule has 0 bridgehead atoms. The molecule has 1 N–H and O–H groups in total. The number of esters is 1. The maximum atomic E-state index is 11.9. The Morgan fingerprint density at radius 3 is 2.48 bits per heavy atom. The molecule has 0 saturated carbocycles. The fourth-order valence-corrected chi connectivity index (χ4v) is 1.81. The number of benzene rings is 1. The molecule has 0 aliphatic heterocycles. The second kappa shape index (κ2) is 6.69. The van der Waals surface area contributed by atoms with Crippen LogP contribution in [0.2, 0.25) is 0 Å². The van der Waals surface area contributed by atoms with Gasteiger partial charge in [0.05, 0.1) is 18.4 Å². The van der Waals surface area contributed by atoms with Crippen molar-refractivity contribution in [2.75, 3.05) is 13.7 Å². The Labute approximate surface area is 122 Å². The fourth-order valence-electron chi connectivity index (χ4n) is 1.81. The van der Waals surface area contributed by atoms with Crippen LogP contribution in [0.15, 0.2) is 34.9 Å². The number of nitrogens with zero attached hydrogens (tertiary/aromatic N) is 1. The van der Waals surface area contributed by atoms with Gasteiger partial charge in [-0.3, -0.25) is 4.79 Å². The summed E-state index contributed by atoms with van der Waals surface area (Å²) in [5, 5.41) is 6.55. The molecule has 1 aromatic heterocycles. The van der Waals surface area contributed by atoms with Crippen LogP contribution in [0.1, 0.15) is 32.2 Å². The summed E-state index contributed by atoms with van der Waals surface area (Å²) in [5.41, 5.74) is 1.71. The number of amides is 1. The average Bonchev–Trinajstić information content (AvgIpc) is 2.92. The SMILES string of the molecule is COC(=O)c1ccc(C(=O)NCCc2cc(C)no2)cc1. The molecule has 0 spiro atoms. The van der Waals surface area contributed by atoms with Gasteiger partial charge in [-0.15, -0.1) is 0 Å². The number of nitrogens with one attached hydrogen (secondary N) is 1. The first kappa shape index (κ1) is 14.8. The Morgan fingerprint density at radius 2 is 1.90 bits per heavy atom. The molecule has 0 fully saturated rings. The van der Waals surface area contributed by atoms with Crippen LogP contribution < -0.4 is 5.32 Å². The smallest absolute Gasteiger partial charge is 0.337 e. The van der Waals surface area contributed by atoms with Gasteiger partial charge in [-0.1, -0.05) is 5.16 Å².